The molecule has 0 aliphatic rings. The number of pyridine rings is 2. The average molecular weight is 471 g/mol. The minimum atomic E-state index is -2.28. The summed E-state index contributed by atoms with van der Waals surface area (Å²) in [6.45, 7) is 6.93. The van der Waals surface area contributed by atoms with Gasteiger partial charge in [0.25, 0.3) is 0 Å². The standard InChI is InChI=1S/C7H4N.C5H5N.3C4H9.Sn/c1-2-7-4-3-5-8-6-7;1-2-4-6-5-3-1;3*1-3-4-2;/h3-6H;1-5H;3*1,3-4H2,2H3;. The van der Waals surface area contributed by atoms with Gasteiger partial charge < -0.3 is 0 Å². The summed E-state index contributed by atoms with van der Waals surface area (Å²) in [7, 11) is 0. The molecule has 0 aliphatic heterocycles. The smallest absolute Gasteiger partial charge is 0.0267 e. The van der Waals surface area contributed by atoms with Crippen LogP contribution in [0.1, 0.15) is 64.9 Å². The van der Waals surface area contributed by atoms with Crippen LogP contribution < -0.4 is 0 Å². The molecule has 0 aromatic carbocycles. The molecule has 0 saturated carbocycles. The summed E-state index contributed by atoms with van der Waals surface area (Å²) in [5, 5.41) is 0. The fourth-order valence-corrected chi connectivity index (χ4v) is 16.3. The Morgan fingerprint density at radius 2 is 1.30 bits per heavy atom. The van der Waals surface area contributed by atoms with Gasteiger partial charge in [0.2, 0.25) is 0 Å². The number of rotatable bonds is 9. The van der Waals surface area contributed by atoms with Crippen molar-refractivity contribution in [3.05, 3.63) is 60.7 Å². The summed E-state index contributed by atoms with van der Waals surface area (Å²) in [5.74, 6) is 3.49. The second-order valence-corrected chi connectivity index (χ2v) is 19.4. The minimum Gasteiger partial charge on any atom is -0.265 e. The van der Waals surface area contributed by atoms with Crippen LogP contribution >= 0.6 is 0 Å². The zero-order valence-corrected chi connectivity index (χ0v) is 20.3. The number of aromatic nitrogens is 2. The Morgan fingerprint density at radius 1 is 0.741 bits per heavy atom. The Balaban J connectivity index is 0.000000511. The van der Waals surface area contributed by atoms with Gasteiger partial charge in [-0.1, -0.05) is 6.07 Å². The molecule has 0 spiro atoms. The third-order valence-corrected chi connectivity index (χ3v) is 17.8. The molecule has 3 heteroatoms. The first-order chi connectivity index (χ1) is 13.3. The molecule has 2 rings (SSSR count). The van der Waals surface area contributed by atoms with Crippen LogP contribution in [0.25, 0.3) is 0 Å². The van der Waals surface area contributed by atoms with Crippen LogP contribution in [-0.4, -0.2) is 28.3 Å². The van der Waals surface area contributed by atoms with Gasteiger partial charge in [-0.2, -0.15) is 0 Å². The molecule has 0 radical (unpaired) electrons. The van der Waals surface area contributed by atoms with Crippen LogP contribution in [-0.2, 0) is 0 Å². The largest absolute Gasteiger partial charge is 0.265 e. The molecule has 2 aromatic heterocycles. The van der Waals surface area contributed by atoms with Crippen molar-refractivity contribution in [3.63, 3.8) is 0 Å². The molecule has 0 saturated heterocycles. The van der Waals surface area contributed by atoms with Crippen molar-refractivity contribution in [2.45, 2.75) is 72.6 Å². The van der Waals surface area contributed by atoms with Gasteiger partial charge in [-0.3, -0.25) is 4.98 Å². The van der Waals surface area contributed by atoms with Crippen LogP contribution in [0.5, 0.6) is 0 Å². The average Bonchev–Trinajstić information content (AvgIpc) is 2.75. The van der Waals surface area contributed by atoms with E-state index in [4.69, 9.17) is 0 Å². The molecule has 0 amide bonds. The molecule has 2 heterocycles. The normalized spacial score (nSPS) is 10.3. The minimum absolute atomic E-state index is 1.10. The first-order valence-corrected chi connectivity index (χ1v) is 18.0. The fraction of sp³-hybridized carbons (Fsp3) is 0.500. The summed E-state index contributed by atoms with van der Waals surface area (Å²) >= 11 is -2.28. The fourth-order valence-electron chi connectivity index (χ4n) is 3.06. The Labute approximate surface area is 171 Å². The number of unbranched alkanes of at least 4 members (excludes halogenated alkanes) is 3. The van der Waals surface area contributed by atoms with Crippen LogP contribution in [0, 0.1) is 9.86 Å². The van der Waals surface area contributed by atoms with Crippen LogP contribution in [0.4, 0.5) is 0 Å². The van der Waals surface area contributed by atoms with Crippen LogP contribution in [0.15, 0.2) is 55.1 Å². The Hall–Kier alpha value is -1.34. The van der Waals surface area contributed by atoms with E-state index in [1.54, 1.807) is 12.4 Å². The monoisotopic (exact) mass is 472 g/mol. The maximum absolute atomic E-state index is 4.19. The predicted octanol–water partition coefficient (Wildman–Crippen LogP) is 6.90. The van der Waals surface area contributed by atoms with E-state index in [9.17, 15) is 0 Å². The van der Waals surface area contributed by atoms with Gasteiger partial charge in [0, 0.05) is 12.4 Å². The maximum Gasteiger partial charge on any atom is 0.0267 e. The number of hydrogen-bond donors (Lipinski definition) is 0. The molecular weight excluding hydrogens is 435 g/mol. The summed E-state index contributed by atoms with van der Waals surface area (Å²) in [6, 6.07) is 9.80. The SMILES string of the molecule is CCC[CH2][Sn]([C]#Cc1cccnc1)([CH2]CCC)[CH2]CCC.c1ccncc1. The molecule has 0 fully saturated rings. The predicted molar refractivity (Wildman–Crippen MR) is 120 cm³/mol. The summed E-state index contributed by atoms with van der Waals surface area (Å²) < 4.78 is 8.24. The molecule has 0 unspecified atom stereocenters. The second kappa shape index (κ2) is 15.7. The van der Waals surface area contributed by atoms with Crippen LogP contribution in [0.2, 0.25) is 13.3 Å². The quantitative estimate of drug-likeness (QED) is 0.294. The second-order valence-electron chi connectivity index (χ2n) is 7.11. The molecule has 2 nitrogen and oxygen atoms in total. The zero-order chi connectivity index (χ0) is 19.6. The van der Waals surface area contributed by atoms with Crippen molar-refractivity contribution in [1.82, 2.24) is 9.97 Å². The van der Waals surface area contributed by atoms with E-state index in [-0.39, 0.29) is 0 Å². The van der Waals surface area contributed by atoms with Gasteiger partial charge in [0.1, 0.15) is 0 Å². The van der Waals surface area contributed by atoms with Crippen molar-refractivity contribution >= 4 is 18.4 Å². The molecule has 0 atom stereocenters. The Kier molecular flexibility index (Phi) is 13.8. The first kappa shape index (κ1) is 23.7. The maximum atomic E-state index is 4.19. The number of hydrogen-bond acceptors (Lipinski definition) is 2. The third-order valence-electron chi connectivity index (χ3n) is 4.73. The number of nitrogens with zero attached hydrogens (tertiary/aromatic N) is 2. The van der Waals surface area contributed by atoms with E-state index in [1.165, 1.54) is 51.8 Å². The van der Waals surface area contributed by atoms with Gasteiger partial charge in [-0.05, 0) is 12.1 Å². The van der Waals surface area contributed by atoms with E-state index < -0.39 is 18.4 Å². The van der Waals surface area contributed by atoms with Crippen molar-refractivity contribution in [2.24, 2.45) is 0 Å². The molecule has 0 aliphatic carbocycles. The van der Waals surface area contributed by atoms with Crippen molar-refractivity contribution in [3.8, 4) is 9.86 Å². The van der Waals surface area contributed by atoms with E-state index >= 15 is 0 Å². The van der Waals surface area contributed by atoms with E-state index in [0.29, 0.717) is 0 Å². The van der Waals surface area contributed by atoms with E-state index in [0.717, 1.165) is 5.56 Å². The van der Waals surface area contributed by atoms with E-state index in [2.05, 4.69) is 46.7 Å². The van der Waals surface area contributed by atoms with Gasteiger partial charge in [-0.25, -0.2) is 0 Å². The van der Waals surface area contributed by atoms with Crippen molar-refractivity contribution in [1.29, 1.82) is 0 Å². The van der Waals surface area contributed by atoms with Gasteiger partial charge in [0.05, 0.1) is 0 Å². The Bertz CT molecular complexity index is 583. The van der Waals surface area contributed by atoms with Crippen LogP contribution in [0.3, 0.4) is 0 Å². The van der Waals surface area contributed by atoms with Crippen molar-refractivity contribution < 1.29 is 0 Å². The van der Waals surface area contributed by atoms with E-state index in [1.807, 2.05) is 36.7 Å². The van der Waals surface area contributed by atoms with Gasteiger partial charge in [0.15, 0.2) is 0 Å². The molecule has 27 heavy (non-hydrogen) atoms. The topological polar surface area (TPSA) is 25.8 Å². The first-order valence-electron chi connectivity index (χ1n) is 10.5. The molecule has 2 aromatic rings. The zero-order valence-electron chi connectivity index (χ0n) is 17.5. The Morgan fingerprint density at radius 3 is 1.67 bits per heavy atom. The molecule has 0 N–H and O–H groups in total. The van der Waals surface area contributed by atoms with Gasteiger partial charge in [-0.15, -0.1) is 0 Å². The summed E-state index contributed by atoms with van der Waals surface area (Å²) in [5.41, 5.74) is 1.10. The molecular formula is C24H36N2Sn. The van der Waals surface area contributed by atoms with Gasteiger partial charge >= 0.3 is 136 Å². The summed E-state index contributed by atoms with van der Waals surface area (Å²) in [4.78, 5) is 7.98. The molecule has 0 bridgehead atoms. The molecule has 146 valence electrons. The summed E-state index contributed by atoms with van der Waals surface area (Å²) in [6.07, 6.45) is 15.3. The third kappa shape index (κ3) is 11.2. The van der Waals surface area contributed by atoms with Crippen molar-refractivity contribution in [2.75, 3.05) is 0 Å².